The molecule has 0 saturated heterocycles. The molecule has 0 fully saturated rings. The van der Waals surface area contributed by atoms with Gasteiger partial charge in [-0.25, -0.2) is 0 Å². The van der Waals surface area contributed by atoms with Crippen molar-refractivity contribution in [2.24, 2.45) is 0 Å². The normalized spacial score (nSPS) is 12.2. The third-order valence-corrected chi connectivity index (χ3v) is 19.0. The number of fused-ring (bicyclic) bond motifs is 16. The highest BCUT2D eigenvalue weighted by Gasteiger charge is 2.28. The predicted octanol–water partition coefficient (Wildman–Crippen LogP) is 23.0. The number of aromatic nitrogens is 3. The van der Waals surface area contributed by atoms with Gasteiger partial charge in [0, 0.05) is 75.6 Å². The molecule has 5 nitrogen and oxygen atoms in total. The lowest BCUT2D eigenvalue weighted by atomic mass is 9.99. The highest BCUT2D eigenvalue weighted by Crippen LogP contribution is 2.54. The van der Waals surface area contributed by atoms with E-state index in [1.165, 1.54) is 125 Å². The number of benzene rings is 14. The van der Waals surface area contributed by atoms with Gasteiger partial charge in [-0.3, -0.25) is 0 Å². The molecule has 1 aliphatic rings. The van der Waals surface area contributed by atoms with Crippen LogP contribution in [0.4, 0.5) is 17.1 Å². The van der Waals surface area contributed by atoms with Crippen LogP contribution < -0.4 is 4.90 Å². The van der Waals surface area contributed by atoms with Gasteiger partial charge in [-0.2, -0.15) is 0 Å². The minimum atomic E-state index is 0.907. The summed E-state index contributed by atoms with van der Waals surface area (Å²) in [4.78, 5) is 4.93. The van der Waals surface area contributed by atoms with Crippen LogP contribution in [-0.4, -0.2) is 13.7 Å². The number of para-hydroxylation sites is 6. The summed E-state index contributed by atoms with van der Waals surface area (Å²) < 4.78 is 13.5. The van der Waals surface area contributed by atoms with Crippen molar-refractivity contribution >= 4 is 127 Å². The molecular formula is C82H52N4OS. The van der Waals surface area contributed by atoms with Gasteiger partial charge in [0.15, 0.2) is 0 Å². The van der Waals surface area contributed by atoms with Gasteiger partial charge < -0.3 is 23.0 Å². The van der Waals surface area contributed by atoms with Gasteiger partial charge in [-0.05, 0) is 148 Å². The Morgan fingerprint density at radius 3 is 1.58 bits per heavy atom. The lowest BCUT2D eigenvalue weighted by molar-refractivity contribution is 0.669. The van der Waals surface area contributed by atoms with E-state index in [9.17, 15) is 0 Å². The molecule has 0 N–H and O–H groups in total. The fourth-order valence-corrected chi connectivity index (χ4v) is 15.1. The lowest BCUT2D eigenvalue weighted by Crippen LogP contribution is -2.14. The van der Waals surface area contributed by atoms with Crippen LogP contribution in [0.2, 0.25) is 0 Å². The van der Waals surface area contributed by atoms with E-state index in [1.807, 2.05) is 23.9 Å². The molecule has 0 saturated carbocycles. The Morgan fingerprint density at radius 1 is 0.250 bits per heavy atom. The number of hydrogen-bond acceptors (Lipinski definition) is 3. The molecule has 19 rings (SSSR count). The molecule has 0 bridgehead atoms. The van der Waals surface area contributed by atoms with Crippen molar-refractivity contribution in [3.63, 3.8) is 0 Å². The van der Waals surface area contributed by atoms with E-state index < -0.39 is 0 Å². The van der Waals surface area contributed by atoms with Crippen LogP contribution in [0.5, 0.6) is 0 Å². The largest absolute Gasteiger partial charge is 0.456 e. The van der Waals surface area contributed by atoms with Crippen molar-refractivity contribution in [1.82, 2.24) is 13.7 Å². The molecule has 0 spiro atoms. The second-order valence-electron chi connectivity index (χ2n) is 22.8. The minimum absolute atomic E-state index is 0.907. The van der Waals surface area contributed by atoms with Crippen molar-refractivity contribution in [3.05, 3.63) is 315 Å². The fourth-order valence-electron chi connectivity index (χ4n) is 14.0. The lowest BCUT2D eigenvalue weighted by Gasteiger charge is -2.33. The number of rotatable bonds is 6. The van der Waals surface area contributed by atoms with Crippen molar-refractivity contribution in [1.29, 1.82) is 0 Å². The Kier molecular flexibility index (Phi) is 11.5. The van der Waals surface area contributed by atoms with Crippen LogP contribution in [0, 0.1) is 0 Å². The van der Waals surface area contributed by atoms with Crippen LogP contribution in [0.1, 0.15) is 0 Å². The highest BCUT2D eigenvalue weighted by molar-refractivity contribution is 7.99. The molecule has 88 heavy (non-hydrogen) atoms. The molecule has 0 atom stereocenters. The molecule has 18 aromatic rings. The van der Waals surface area contributed by atoms with Crippen LogP contribution in [-0.2, 0) is 0 Å². The maximum atomic E-state index is 6.27. The predicted molar refractivity (Wildman–Crippen MR) is 370 cm³/mol. The average Bonchev–Trinajstić information content (AvgIpc) is 1.61. The van der Waals surface area contributed by atoms with Gasteiger partial charge in [0.25, 0.3) is 0 Å². The van der Waals surface area contributed by atoms with E-state index in [1.54, 1.807) is 0 Å². The first-order valence-corrected chi connectivity index (χ1v) is 30.8. The van der Waals surface area contributed by atoms with Crippen molar-refractivity contribution in [3.8, 4) is 39.3 Å². The quantitative estimate of drug-likeness (QED) is 0.166. The first kappa shape index (κ1) is 50.1. The Bertz CT molecular complexity index is 5780. The molecule has 14 aromatic carbocycles. The summed E-state index contributed by atoms with van der Waals surface area (Å²) in [7, 11) is 0. The first-order valence-electron chi connectivity index (χ1n) is 30.0. The molecule has 412 valence electrons. The molecule has 5 heterocycles. The summed E-state index contributed by atoms with van der Waals surface area (Å²) in [6.45, 7) is 0. The van der Waals surface area contributed by atoms with E-state index in [0.717, 1.165) is 38.9 Å². The third kappa shape index (κ3) is 7.89. The molecule has 0 amide bonds. The maximum Gasteiger partial charge on any atom is 0.136 e. The molecule has 6 heteroatoms. The van der Waals surface area contributed by atoms with E-state index >= 15 is 0 Å². The maximum absolute atomic E-state index is 6.27. The summed E-state index contributed by atoms with van der Waals surface area (Å²) in [6.07, 6.45) is 0. The van der Waals surface area contributed by atoms with Crippen LogP contribution in [0.3, 0.4) is 0 Å². The molecule has 4 aromatic heterocycles. The van der Waals surface area contributed by atoms with E-state index in [-0.39, 0.29) is 0 Å². The molecule has 1 aliphatic heterocycles. The smallest absolute Gasteiger partial charge is 0.136 e. The number of hydrogen-bond donors (Lipinski definition) is 0. The highest BCUT2D eigenvalue weighted by atomic mass is 32.2. The van der Waals surface area contributed by atoms with E-state index in [2.05, 4.69) is 322 Å². The van der Waals surface area contributed by atoms with Crippen LogP contribution >= 0.6 is 11.8 Å². The first-order chi connectivity index (χ1) is 43.7. The zero-order valence-corrected chi connectivity index (χ0v) is 48.4. The molecular weight excluding hydrogens is 1090 g/mol. The van der Waals surface area contributed by atoms with E-state index in [0.29, 0.717) is 0 Å². The summed E-state index contributed by atoms with van der Waals surface area (Å²) in [5, 5.41) is 12.4. The SMILES string of the molecule is c1ccc(-c2ccc(-n3c4ccccc4c4cc5c(cc43)Sc3ccccc3N5c3ccccc3)cc2)cc1.c1ccc(-n2c3cc4c(cc3c3c5ccccc5ccc32)c2ccccc2n4-c2cccc(-c3cccc4oc5ccccc5c34)c2)cc1. The summed E-state index contributed by atoms with van der Waals surface area (Å²) in [5.74, 6) is 0. The molecule has 0 aliphatic carbocycles. The van der Waals surface area contributed by atoms with Gasteiger partial charge >= 0.3 is 0 Å². The van der Waals surface area contributed by atoms with Gasteiger partial charge in [0.2, 0.25) is 0 Å². The fraction of sp³-hybridized carbons (Fsp3) is 0. The van der Waals surface area contributed by atoms with Gasteiger partial charge in [-0.15, -0.1) is 0 Å². The topological polar surface area (TPSA) is 31.2 Å². The molecule has 0 unspecified atom stereocenters. The zero-order valence-electron chi connectivity index (χ0n) is 47.6. The standard InChI is InChI=1S/C46H28N2O.C36H24N2S/c1-2-14-31(15-3-1)47-40-25-24-29-12-4-5-17-33(29)45(40)38-27-37-35-18-6-8-21-39(35)48(41(37)28-42(38)47)32-16-10-13-30(26-32)34-20-11-23-44-46(34)36-19-7-9-22-43(36)49-44;1-3-11-25(12-4-1)26-19-21-28(22-20-26)37-31-16-8-7-15-29(31)30-23-34-36(24-33(30)37)39-35-18-10-9-17-32(35)38(34)27-13-5-2-6-14-27/h1-28H;1-24H. The second-order valence-corrected chi connectivity index (χ2v) is 23.8. The van der Waals surface area contributed by atoms with Crippen LogP contribution in [0.15, 0.2) is 330 Å². The number of nitrogens with zero attached hydrogens (tertiary/aromatic N) is 4. The summed E-state index contributed by atoms with van der Waals surface area (Å²) >= 11 is 1.85. The Labute approximate surface area is 511 Å². The number of anilines is 3. The summed E-state index contributed by atoms with van der Waals surface area (Å²) in [5.41, 5.74) is 20.9. The minimum Gasteiger partial charge on any atom is -0.456 e. The number of furan rings is 1. The van der Waals surface area contributed by atoms with Gasteiger partial charge in [-0.1, -0.05) is 212 Å². The van der Waals surface area contributed by atoms with E-state index in [4.69, 9.17) is 4.42 Å². The van der Waals surface area contributed by atoms with Crippen molar-refractivity contribution in [2.45, 2.75) is 9.79 Å². The van der Waals surface area contributed by atoms with Gasteiger partial charge in [0.1, 0.15) is 11.2 Å². The Balaban J connectivity index is 0.000000135. The average molecular weight is 1140 g/mol. The third-order valence-electron chi connectivity index (χ3n) is 17.8. The Morgan fingerprint density at radius 2 is 0.795 bits per heavy atom. The molecule has 0 radical (unpaired) electrons. The van der Waals surface area contributed by atoms with Crippen molar-refractivity contribution < 1.29 is 4.42 Å². The van der Waals surface area contributed by atoms with Gasteiger partial charge in [0.05, 0.1) is 44.5 Å². The summed E-state index contributed by atoms with van der Waals surface area (Å²) in [6, 6.07) is 114. The second kappa shape index (κ2) is 20.2. The van der Waals surface area contributed by atoms with Crippen molar-refractivity contribution in [2.75, 3.05) is 4.90 Å². The zero-order chi connectivity index (χ0) is 57.8. The monoisotopic (exact) mass is 1140 g/mol. The van der Waals surface area contributed by atoms with Crippen LogP contribution in [0.25, 0.3) is 137 Å². The Hall–Kier alpha value is -11.3.